The third kappa shape index (κ3) is 1.82. The Hall–Kier alpha value is -0.460. The van der Waals surface area contributed by atoms with E-state index in [0.29, 0.717) is 0 Å². The van der Waals surface area contributed by atoms with Gasteiger partial charge in [-0.2, -0.15) is 0 Å². The zero-order chi connectivity index (χ0) is 8.23. The topological polar surface area (TPSA) is 3.24 Å². The zero-order valence-electron chi connectivity index (χ0n) is 7.84. The quantitative estimate of drug-likeness (QED) is 0.540. The molecular formula is C11H19N. The minimum absolute atomic E-state index is 0.881. The molecule has 0 unspecified atom stereocenters. The Morgan fingerprint density at radius 1 is 1.00 bits per heavy atom. The van der Waals surface area contributed by atoms with Crippen LogP contribution in [0.25, 0.3) is 0 Å². The molecule has 0 aromatic heterocycles. The van der Waals surface area contributed by atoms with Crippen LogP contribution in [0.4, 0.5) is 0 Å². The fourth-order valence-corrected chi connectivity index (χ4v) is 2.40. The first-order valence-corrected chi connectivity index (χ1v) is 5.39. The second kappa shape index (κ2) is 3.97. The average Bonchev–Trinajstić information content (AvgIpc) is 2.48. The molecule has 1 nitrogen and oxygen atoms in total. The summed E-state index contributed by atoms with van der Waals surface area (Å²) in [4.78, 5) is 2.56. The fourth-order valence-electron chi connectivity index (χ4n) is 2.40. The SMILES string of the molecule is C1=CN(C2CCCCCC2)CC1. The summed E-state index contributed by atoms with van der Waals surface area (Å²) in [5.41, 5.74) is 0. The lowest BCUT2D eigenvalue weighted by Gasteiger charge is -2.26. The molecule has 0 radical (unpaired) electrons. The Balaban J connectivity index is 1.87. The Kier molecular flexibility index (Phi) is 2.70. The minimum atomic E-state index is 0.881. The molecule has 1 heteroatoms. The molecule has 0 bridgehead atoms. The van der Waals surface area contributed by atoms with Gasteiger partial charge in [0.1, 0.15) is 0 Å². The van der Waals surface area contributed by atoms with Crippen LogP contribution in [0.1, 0.15) is 44.9 Å². The average molecular weight is 165 g/mol. The van der Waals surface area contributed by atoms with E-state index < -0.39 is 0 Å². The molecule has 2 aliphatic rings. The highest BCUT2D eigenvalue weighted by molar-refractivity contribution is 4.94. The molecule has 0 saturated heterocycles. The molecule has 0 aromatic rings. The van der Waals surface area contributed by atoms with Crippen molar-refractivity contribution in [2.24, 2.45) is 0 Å². The molecule has 1 aliphatic heterocycles. The molecule has 1 saturated carbocycles. The first-order valence-electron chi connectivity index (χ1n) is 5.39. The van der Waals surface area contributed by atoms with E-state index in [-0.39, 0.29) is 0 Å². The largest absolute Gasteiger partial charge is 0.374 e. The summed E-state index contributed by atoms with van der Waals surface area (Å²) in [6.45, 7) is 1.28. The molecular weight excluding hydrogens is 146 g/mol. The molecule has 1 heterocycles. The maximum absolute atomic E-state index is 2.56. The van der Waals surface area contributed by atoms with E-state index in [1.54, 1.807) is 0 Å². The second-order valence-electron chi connectivity index (χ2n) is 4.06. The molecule has 68 valence electrons. The van der Waals surface area contributed by atoms with Crippen LogP contribution in [0.2, 0.25) is 0 Å². The predicted octanol–water partition coefficient (Wildman–Crippen LogP) is 2.93. The molecule has 12 heavy (non-hydrogen) atoms. The second-order valence-corrected chi connectivity index (χ2v) is 4.06. The number of rotatable bonds is 1. The summed E-state index contributed by atoms with van der Waals surface area (Å²) in [6, 6.07) is 0.881. The maximum atomic E-state index is 2.56. The van der Waals surface area contributed by atoms with Gasteiger partial charge in [-0.3, -0.25) is 0 Å². The minimum Gasteiger partial charge on any atom is -0.374 e. The van der Waals surface area contributed by atoms with Crippen molar-refractivity contribution in [1.82, 2.24) is 4.90 Å². The van der Waals surface area contributed by atoms with Gasteiger partial charge in [0.2, 0.25) is 0 Å². The first-order chi connectivity index (χ1) is 5.97. The third-order valence-electron chi connectivity index (χ3n) is 3.14. The van der Waals surface area contributed by atoms with Gasteiger partial charge in [-0.1, -0.05) is 31.8 Å². The van der Waals surface area contributed by atoms with Gasteiger partial charge in [0, 0.05) is 12.6 Å². The monoisotopic (exact) mass is 165 g/mol. The number of nitrogens with zero attached hydrogens (tertiary/aromatic N) is 1. The van der Waals surface area contributed by atoms with Crippen molar-refractivity contribution in [1.29, 1.82) is 0 Å². The Morgan fingerprint density at radius 2 is 1.75 bits per heavy atom. The lowest BCUT2D eigenvalue weighted by Crippen LogP contribution is -2.28. The van der Waals surface area contributed by atoms with Gasteiger partial charge < -0.3 is 4.90 Å². The van der Waals surface area contributed by atoms with Gasteiger partial charge in [0.05, 0.1) is 0 Å². The van der Waals surface area contributed by atoms with Gasteiger partial charge >= 0.3 is 0 Å². The van der Waals surface area contributed by atoms with Gasteiger partial charge in [0.15, 0.2) is 0 Å². The predicted molar refractivity (Wildman–Crippen MR) is 52.0 cm³/mol. The van der Waals surface area contributed by atoms with Gasteiger partial charge in [0.25, 0.3) is 0 Å². The molecule has 2 rings (SSSR count). The summed E-state index contributed by atoms with van der Waals surface area (Å²) in [7, 11) is 0. The van der Waals surface area contributed by atoms with Crippen molar-refractivity contribution >= 4 is 0 Å². The first kappa shape index (κ1) is 8.15. The molecule has 1 aliphatic carbocycles. The summed E-state index contributed by atoms with van der Waals surface area (Å²) in [6.07, 6.45) is 14.6. The van der Waals surface area contributed by atoms with Crippen LogP contribution in [0, 0.1) is 0 Å². The number of hydrogen-bond donors (Lipinski definition) is 0. The summed E-state index contributed by atoms with van der Waals surface area (Å²) in [5.74, 6) is 0. The van der Waals surface area contributed by atoms with Crippen LogP contribution in [0.5, 0.6) is 0 Å². The maximum Gasteiger partial charge on any atom is 0.0284 e. The van der Waals surface area contributed by atoms with Gasteiger partial charge in [-0.25, -0.2) is 0 Å². The van der Waals surface area contributed by atoms with E-state index in [0.717, 1.165) is 6.04 Å². The molecule has 0 atom stereocenters. The van der Waals surface area contributed by atoms with Gasteiger partial charge in [-0.05, 0) is 25.5 Å². The Morgan fingerprint density at radius 3 is 2.33 bits per heavy atom. The molecule has 0 amide bonds. The van der Waals surface area contributed by atoms with Crippen LogP contribution >= 0.6 is 0 Å². The molecule has 0 aromatic carbocycles. The Labute approximate surface area is 75.4 Å². The van der Waals surface area contributed by atoms with Crippen molar-refractivity contribution in [3.63, 3.8) is 0 Å². The zero-order valence-corrected chi connectivity index (χ0v) is 7.84. The smallest absolute Gasteiger partial charge is 0.0284 e. The van der Waals surface area contributed by atoms with E-state index >= 15 is 0 Å². The van der Waals surface area contributed by atoms with Crippen molar-refractivity contribution in [2.75, 3.05) is 6.54 Å². The molecule has 1 fully saturated rings. The highest BCUT2D eigenvalue weighted by Crippen LogP contribution is 2.23. The lowest BCUT2D eigenvalue weighted by atomic mass is 10.1. The van der Waals surface area contributed by atoms with Crippen molar-refractivity contribution in [3.8, 4) is 0 Å². The van der Waals surface area contributed by atoms with Gasteiger partial charge in [-0.15, -0.1) is 0 Å². The fraction of sp³-hybridized carbons (Fsp3) is 0.818. The number of hydrogen-bond acceptors (Lipinski definition) is 1. The highest BCUT2D eigenvalue weighted by Gasteiger charge is 2.18. The van der Waals surface area contributed by atoms with Crippen molar-refractivity contribution in [3.05, 3.63) is 12.3 Å². The molecule has 0 spiro atoms. The Bertz CT molecular complexity index is 154. The molecule has 0 N–H and O–H groups in total. The third-order valence-corrected chi connectivity index (χ3v) is 3.14. The van der Waals surface area contributed by atoms with E-state index in [1.165, 1.54) is 51.5 Å². The van der Waals surface area contributed by atoms with E-state index in [2.05, 4.69) is 17.2 Å². The van der Waals surface area contributed by atoms with Crippen LogP contribution in [-0.4, -0.2) is 17.5 Å². The van der Waals surface area contributed by atoms with E-state index in [1.807, 2.05) is 0 Å². The highest BCUT2D eigenvalue weighted by atomic mass is 15.1. The van der Waals surface area contributed by atoms with Crippen LogP contribution in [-0.2, 0) is 0 Å². The lowest BCUT2D eigenvalue weighted by molar-refractivity contribution is 0.270. The standard InChI is InChI=1S/C11H19N/c1-2-4-8-11(7-3-1)12-9-5-6-10-12/h5,9,11H,1-4,6-8,10H2. The summed E-state index contributed by atoms with van der Waals surface area (Å²) < 4.78 is 0. The van der Waals surface area contributed by atoms with Crippen LogP contribution in [0.15, 0.2) is 12.3 Å². The van der Waals surface area contributed by atoms with Crippen LogP contribution in [0.3, 0.4) is 0 Å². The summed E-state index contributed by atoms with van der Waals surface area (Å²) >= 11 is 0. The van der Waals surface area contributed by atoms with E-state index in [4.69, 9.17) is 0 Å². The van der Waals surface area contributed by atoms with Crippen LogP contribution < -0.4 is 0 Å². The van der Waals surface area contributed by atoms with Crippen molar-refractivity contribution in [2.45, 2.75) is 51.0 Å². The van der Waals surface area contributed by atoms with E-state index in [9.17, 15) is 0 Å². The van der Waals surface area contributed by atoms with Crippen molar-refractivity contribution < 1.29 is 0 Å². The normalized spacial score (nSPS) is 26.2. The summed E-state index contributed by atoms with van der Waals surface area (Å²) in [5, 5.41) is 0.